The quantitative estimate of drug-likeness (QED) is 0.733. The number of nitrogens with zero attached hydrogens (tertiary/aromatic N) is 3. The summed E-state index contributed by atoms with van der Waals surface area (Å²) in [5.41, 5.74) is 2.09. The molecule has 1 fully saturated rings. The van der Waals surface area contributed by atoms with Crippen LogP contribution >= 0.6 is 11.6 Å². The van der Waals surface area contributed by atoms with Crippen LogP contribution in [0.2, 0.25) is 5.02 Å². The molecule has 1 aliphatic heterocycles. The Morgan fingerprint density at radius 1 is 1.45 bits per heavy atom. The van der Waals surface area contributed by atoms with Crippen LogP contribution in [0.5, 0.6) is 5.88 Å². The normalized spacial score (nSPS) is 15.8. The summed E-state index contributed by atoms with van der Waals surface area (Å²) in [7, 11) is 1.52. The molecule has 2 heterocycles. The van der Waals surface area contributed by atoms with Crippen molar-refractivity contribution in [2.24, 2.45) is 5.92 Å². The third kappa shape index (κ3) is 4.92. The van der Waals surface area contributed by atoms with Gasteiger partial charge in [0.2, 0.25) is 11.8 Å². The standard InChI is InChI=1S/C21H23ClN4O3/c1-4-19(27)24-17-6-5-15(9-13(17)2)21(28)26-8-7-14(12-26)10-18-23-11-16(22)20(25-18)29-3/h4-6,9,11,14H,1,7-8,10,12H2,2-3H3,(H,24,27)/t14-/m0/s1. The first-order valence-electron chi connectivity index (χ1n) is 9.30. The van der Waals surface area contributed by atoms with E-state index in [9.17, 15) is 9.59 Å². The van der Waals surface area contributed by atoms with E-state index in [0.717, 1.165) is 12.0 Å². The van der Waals surface area contributed by atoms with Crippen molar-refractivity contribution in [3.05, 3.63) is 59.0 Å². The number of methoxy groups -OCH3 is 1. The molecular weight excluding hydrogens is 392 g/mol. The fraction of sp³-hybridized carbons (Fsp3) is 0.333. The van der Waals surface area contributed by atoms with Crippen LogP contribution in [0.1, 0.15) is 28.2 Å². The maximum atomic E-state index is 12.9. The number of anilines is 1. The highest BCUT2D eigenvalue weighted by molar-refractivity contribution is 6.31. The maximum absolute atomic E-state index is 12.9. The first-order valence-corrected chi connectivity index (χ1v) is 9.67. The van der Waals surface area contributed by atoms with Gasteiger partial charge in [0.05, 0.1) is 13.3 Å². The van der Waals surface area contributed by atoms with Gasteiger partial charge in [-0.15, -0.1) is 0 Å². The highest BCUT2D eigenvalue weighted by atomic mass is 35.5. The van der Waals surface area contributed by atoms with Gasteiger partial charge in [0.25, 0.3) is 5.91 Å². The van der Waals surface area contributed by atoms with Crippen LogP contribution in [0.15, 0.2) is 37.1 Å². The summed E-state index contributed by atoms with van der Waals surface area (Å²) < 4.78 is 5.14. The largest absolute Gasteiger partial charge is 0.480 e. The van der Waals surface area contributed by atoms with Crippen LogP contribution in [-0.4, -0.2) is 46.9 Å². The summed E-state index contributed by atoms with van der Waals surface area (Å²) in [6.07, 6.45) is 4.29. The van der Waals surface area contributed by atoms with E-state index < -0.39 is 0 Å². The lowest BCUT2D eigenvalue weighted by molar-refractivity contribution is -0.111. The minimum Gasteiger partial charge on any atom is -0.480 e. The highest BCUT2D eigenvalue weighted by Crippen LogP contribution is 2.25. The predicted octanol–water partition coefficient (Wildman–Crippen LogP) is 3.28. The zero-order chi connectivity index (χ0) is 21.0. The first kappa shape index (κ1) is 20.8. The number of halogens is 1. The van der Waals surface area contributed by atoms with Crippen molar-refractivity contribution < 1.29 is 14.3 Å². The van der Waals surface area contributed by atoms with E-state index in [1.807, 2.05) is 11.8 Å². The summed E-state index contributed by atoms with van der Waals surface area (Å²) in [5, 5.41) is 3.11. The van der Waals surface area contributed by atoms with E-state index >= 15 is 0 Å². The van der Waals surface area contributed by atoms with Crippen LogP contribution in [0.25, 0.3) is 0 Å². The fourth-order valence-electron chi connectivity index (χ4n) is 3.37. The molecule has 152 valence electrons. The molecule has 1 aromatic heterocycles. The number of carbonyl (C=O) groups excluding carboxylic acids is 2. The van der Waals surface area contributed by atoms with Crippen molar-refractivity contribution >= 4 is 29.1 Å². The zero-order valence-corrected chi connectivity index (χ0v) is 17.2. The fourth-order valence-corrected chi connectivity index (χ4v) is 3.54. The van der Waals surface area contributed by atoms with Gasteiger partial charge in [-0.25, -0.2) is 4.98 Å². The maximum Gasteiger partial charge on any atom is 0.253 e. The Kier molecular flexibility index (Phi) is 6.49. The number of nitrogens with one attached hydrogen (secondary N) is 1. The van der Waals surface area contributed by atoms with E-state index in [1.165, 1.54) is 19.4 Å². The summed E-state index contributed by atoms with van der Waals surface area (Å²) >= 11 is 5.97. The number of carbonyl (C=O) groups is 2. The van der Waals surface area contributed by atoms with Crippen molar-refractivity contribution in [2.45, 2.75) is 19.8 Å². The van der Waals surface area contributed by atoms with Gasteiger partial charge >= 0.3 is 0 Å². The van der Waals surface area contributed by atoms with Gasteiger partial charge < -0.3 is 15.0 Å². The van der Waals surface area contributed by atoms with Crippen molar-refractivity contribution in [2.75, 3.05) is 25.5 Å². The molecule has 7 nitrogen and oxygen atoms in total. The zero-order valence-electron chi connectivity index (χ0n) is 16.4. The predicted molar refractivity (Wildman–Crippen MR) is 111 cm³/mol. The van der Waals surface area contributed by atoms with Crippen molar-refractivity contribution in [3.8, 4) is 5.88 Å². The smallest absolute Gasteiger partial charge is 0.253 e. The molecule has 0 aliphatic carbocycles. The minimum absolute atomic E-state index is 0.0215. The molecule has 0 unspecified atom stereocenters. The molecule has 1 saturated heterocycles. The minimum atomic E-state index is -0.282. The topological polar surface area (TPSA) is 84.4 Å². The van der Waals surface area contributed by atoms with E-state index in [0.29, 0.717) is 47.5 Å². The number of aryl methyl sites for hydroxylation is 1. The van der Waals surface area contributed by atoms with Gasteiger partial charge in [-0.2, -0.15) is 4.98 Å². The molecule has 29 heavy (non-hydrogen) atoms. The Labute approximate surface area is 174 Å². The van der Waals surface area contributed by atoms with Crippen LogP contribution in [-0.2, 0) is 11.2 Å². The van der Waals surface area contributed by atoms with Crippen molar-refractivity contribution in [1.29, 1.82) is 0 Å². The van der Waals surface area contributed by atoms with Crippen molar-refractivity contribution in [1.82, 2.24) is 14.9 Å². The Morgan fingerprint density at radius 3 is 2.93 bits per heavy atom. The third-order valence-electron chi connectivity index (χ3n) is 4.92. The molecule has 1 aromatic carbocycles. The van der Waals surface area contributed by atoms with Gasteiger partial charge in [0.1, 0.15) is 10.8 Å². The lowest BCUT2D eigenvalue weighted by Gasteiger charge is -2.17. The Balaban J connectivity index is 1.64. The van der Waals surface area contributed by atoms with E-state index in [1.54, 1.807) is 18.2 Å². The Hall–Kier alpha value is -2.93. The van der Waals surface area contributed by atoms with Gasteiger partial charge in [-0.1, -0.05) is 18.2 Å². The number of amides is 2. The molecule has 0 spiro atoms. The molecule has 1 atom stereocenters. The number of ether oxygens (including phenoxy) is 1. The second kappa shape index (κ2) is 9.05. The van der Waals surface area contributed by atoms with Gasteiger partial charge in [0, 0.05) is 30.8 Å². The summed E-state index contributed by atoms with van der Waals surface area (Å²) in [6, 6.07) is 5.27. The average molecular weight is 415 g/mol. The molecule has 3 rings (SSSR count). The lowest BCUT2D eigenvalue weighted by Crippen LogP contribution is -2.29. The van der Waals surface area contributed by atoms with Gasteiger partial charge in [-0.3, -0.25) is 9.59 Å². The summed E-state index contributed by atoms with van der Waals surface area (Å²) in [5.74, 6) is 0.991. The molecule has 1 N–H and O–H groups in total. The van der Waals surface area contributed by atoms with Crippen LogP contribution in [0.4, 0.5) is 5.69 Å². The molecule has 1 aliphatic rings. The number of likely N-dealkylation sites (tertiary alicyclic amines) is 1. The monoisotopic (exact) mass is 414 g/mol. The van der Waals surface area contributed by atoms with Gasteiger partial charge in [0.15, 0.2) is 0 Å². The lowest BCUT2D eigenvalue weighted by atomic mass is 10.0. The second-order valence-electron chi connectivity index (χ2n) is 6.98. The van der Waals surface area contributed by atoms with E-state index in [4.69, 9.17) is 16.3 Å². The second-order valence-corrected chi connectivity index (χ2v) is 7.38. The van der Waals surface area contributed by atoms with Crippen LogP contribution in [0, 0.1) is 12.8 Å². The number of hydrogen-bond acceptors (Lipinski definition) is 5. The third-order valence-corrected chi connectivity index (χ3v) is 5.18. The Morgan fingerprint density at radius 2 is 2.24 bits per heavy atom. The molecule has 2 aromatic rings. The summed E-state index contributed by atoms with van der Waals surface area (Å²) in [6.45, 7) is 6.62. The number of rotatable bonds is 6. The summed E-state index contributed by atoms with van der Waals surface area (Å²) in [4.78, 5) is 34.8. The van der Waals surface area contributed by atoms with E-state index in [2.05, 4.69) is 21.9 Å². The number of aromatic nitrogens is 2. The highest BCUT2D eigenvalue weighted by Gasteiger charge is 2.28. The molecule has 2 amide bonds. The average Bonchev–Trinajstić information content (AvgIpc) is 3.18. The number of hydrogen-bond donors (Lipinski definition) is 1. The molecule has 8 heteroatoms. The first-order chi connectivity index (χ1) is 13.9. The SMILES string of the molecule is C=CC(=O)Nc1ccc(C(=O)N2CC[C@@H](Cc3ncc(Cl)c(OC)n3)C2)cc1C. The molecule has 0 radical (unpaired) electrons. The molecular formula is C21H23ClN4O3. The van der Waals surface area contributed by atoms with Crippen LogP contribution in [0.3, 0.4) is 0 Å². The molecule has 0 bridgehead atoms. The molecule has 0 saturated carbocycles. The number of benzene rings is 1. The van der Waals surface area contributed by atoms with Crippen LogP contribution < -0.4 is 10.1 Å². The van der Waals surface area contributed by atoms with Crippen molar-refractivity contribution in [3.63, 3.8) is 0 Å². The van der Waals surface area contributed by atoms with Gasteiger partial charge in [-0.05, 0) is 49.1 Å². The Bertz CT molecular complexity index is 948. The van der Waals surface area contributed by atoms with E-state index in [-0.39, 0.29) is 17.7 Å².